The van der Waals surface area contributed by atoms with Crippen molar-refractivity contribution < 1.29 is 19.4 Å². The Bertz CT molecular complexity index is 1050. The van der Waals surface area contributed by atoms with E-state index in [-0.39, 0.29) is 29.6 Å². The molecule has 1 saturated heterocycles. The fourth-order valence-corrected chi connectivity index (χ4v) is 4.05. The highest BCUT2D eigenvalue weighted by Crippen LogP contribution is 2.25. The number of carbonyl (C=O) groups is 2. The van der Waals surface area contributed by atoms with Crippen LogP contribution in [0.1, 0.15) is 29.6 Å². The van der Waals surface area contributed by atoms with E-state index in [1.54, 1.807) is 23.1 Å². The Balaban J connectivity index is 1.35. The van der Waals surface area contributed by atoms with E-state index in [2.05, 4.69) is 5.32 Å². The molecule has 1 aliphatic heterocycles. The fraction of sp³-hybridized carbons (Fsp3) is 0.280. The molecule has 0 bridgehead atoms. The van der Waals surface area contributed by atoms with Gasteiger partial charge in [0.25, 0.3) is 5.91 Å². The van der Waals surface area contributed by atoms with Crippen molar-refractivity contribution in [2.24, 2.45) is 5.92 Å². The normalized spacial score (nSPS) is 20.4. The van der Waals surface area contributed by atoms with Gasteiger partial charge in [-0.15, -0.1) is 0 Å². The molecular formula is C25H25ClN2O4. The van der Waals surface area contributed by atoms with Crippen LogP contribution >= 0.6 is 11.6 Å². The van der Waals surface area contributed by atoms with E-state index in [9.17, 15) is 14.7 Å². The molecule has 2 amide bonds. The third-order valence-corrected chi connectivity index (χ3v) is 5.88. The van der Waals surface area contributed by atoms with Gasteiger partial charge in [0, 0.05) is 41.9 Å². The number of ether oxygens (including phenoxy) is 1. The minimum absolute atomic E-state index is 0.0961. The number of likely N-dealkylation sites (tertiary alicyclic amines) is 1. The van der Waals surface area contributed by atoms with Crippen molar-refractivity contribution in [3.05, 3.63) is 77.4 Å². The maximum absolute atomic E-state index is 12.9. The van der Waals surface area contributed by atoms with Crippen LogP contribution in [0.2, 0.25) is 0 Å². The second kappa shape index (κ2) is 9.92. The maximum Gasteiger partial charge on any atom is 0.253 e. The van der Waals surface area contributed by atoms with E-state index in [0.29, 0.717) is 41.5 Å². The number of benzene rings is 2. The molecule has 6 nitrogen and oxygen atoms in total. The predicted molar refractivity (Wildman–Crippen MR) is 124 cm³/mol. The molecule has 1 heterocycles. The van der Waals surface area contributed by atoms with E-state index >= 15 is 0 Å². The number of hydrogen-bond acceptors (Lipinski definition) is 4. The molecule has 0 radical (unpaired) electrons. The Labute approximate surface area is 192 Å². The van der Waals surface area contributed by atoms with Crippen molar-refractivity contribution in [3.63, 3.8) is 0 Å². The highest BCUT2D eigenvalue weighted by Gasteiger charge is 2.29. The number of nitrogens with zero attached hydrogens (tertiary/aromatic N) is 1. The largest absolute Gasteiger partial charge is 0.508 e. The van der Waals surface area contributed by atoms with Crippen molar-refractivity contribution in [1.82, 2.24) is 4.90 Å². The Hall–Kier alpha value is -3.25. The second-order valence-electron chi connectivity index (χ2n) is 7.99. The van der Waals surface area contributed by atoms with E-state index < -0.39 is 0 Å². The average molecular weight is 453 g/mol. The van der Waals surface area contributed by atoms with Gasteiger partial charge in [-0.3, -0.25) is 9.59 Å². The molecule has 1 aliphatic carbocycles. The number of halogens is 1. The van der Waals surface area contributed by atoms with Gasteiger partial charge in [0.15, 0.2) is 0 Å². The molecule has 32 heavy (non-hydrogen) atoms. The monoisotopic (exact) mass is 452 g/mol. The van der Waals surface area contributed by atoms with E-state index in [1.807, 2.05) is 36.4 Å². The molecule has 0 aromatic heterocycles. The minimum Gasteiger partial charge on any atom is -0.508 e. The zero-order chi connectivity index (χ0) is 22.5. The fourth-order valence-electron chi connectivity index (χ4n) is 3.89. The number of phenolic OH excluding ortho intramolecular Hbond substituents is 1. The summed E-state index contributed by atoms with van der Waals surface area (Å²) in [6.07, 6.45) is 7.72. The standard InChI is InChI=1S/C25H25ClN2O4/c26-19-8-12-22(13-9-19)32-23-5-1-4-20(15-23)27-24(30)18-3-2-14-28(16-18)25(31)17-6-10-21(29)11-7-17/h1,4-12,15,18,22,29H,2-3,13-14,16H2,(H,27,30). The summed E-state index contributed by atoms with van der Waals surface area (Å²) in [5.41, 5.74) is 1.16. The average Bonchev–Trinajstić information content (AvgIpc) is 2.81. The van der Waals surface area contributed by atoms with Crippen molar-refractivity contribution >= 4 is 29.1 Å². The van der Waals surface area contributed by atoms with Gasteiger partial charge in [0.05, 0.1) is 5.92 Å². The number of rotatable bonds is 5. The lowest BCUT2D eigenvalue weighted by Gasteiger charge is -2.32. The van der Waals surface area contributed by atoms with Gasteiger partial charge in [0.2, 0.25) is 5.91 Å². The lowest BCUT2D eigenvalue weighted by Crippen LogP contribution is -2.43. The predicted octanol–water partition coefficient (Wildman–Crippen LogP) is 4.71. The molecule has 2 unspecified atom stereocenters. The number of piperidine rings is 1. The number of allylic oxidation sites excluding steroid dienone is 2. The molecule has 2 aliphatic rings. The van der Waals surface area contributed by atoms with Crippen LogP contribution in [0.15, 0.2) is 71.8 Å². The van der Waals surface area contributed by atoms with Gasteiger partial charge in [-0.05, 0) is 61.4 Å². The van der Waals surface area contributed by atoms with Crippen molar-refractivity contribution in [2.75, 3.05) is 18.4 Å². The topological polar surface area (TPSA) is 78.9 Å². The Morgan fingerprint density at radius 3 is 2.72 bits per heavy atom. The first kappa shape index (κ1) is 22.0. The van der Waals surface area contributed by atoms with Crippen LogP contribution in [-0.2, 0) is 4.79 Å². The Kier molecular flexibility index (Phi) is 6.81. The van der Waals surface area contributed by atoms with Crippen LogP contribution in [0.5, 0.6) is 11.5 Å². The van der Waals surface area contributed by atoms with Crippen LogP contribution in [0.3, 0.4) is 0 Å². The van der Waals surface area contributed by atoms with E-state index in [4.69, 9.17) is 16.3 Å². The molecule has 166 valence electrons. The zero-order valence-corrected chi connectivity index (χ0v) is 18.3. The summed E-state index contributed by atoms with van der Waals surface area (Å²) in [5.74, 6) is 0.244. The van der Waals surface area contributed by atoms with Crippen LogP contribution in [0, 0.1) is 5.92 Å². The molecule has 1 fully saturated rings. The number of nitrogens with one attached hydrogen (secondary N) is 1. The lowest BCUT2D eigenvalue weighted by atomic mass is 9.96. The van der Waals surface area contributed by atoms with E-state index in [0.717, 1.165) is 12.8 Å². The highest BCUT2D eigenvalue weighted by molar-refractivity contribution is 6.31. The van der Waals surface area contributed by atoms with Crippen LogP contribution in [-0.4, -0.2) is 41.0 Å². The van der Waals surface area contributed by atoms with Gasteiger partial charge in [0.1, 0.15) is 17.6 Å². The first-order chi connectivity index (χ1) is 15.5. The van der Waals surface area contributed by atoms with Crippen molar-refractivity contribution in [1.29, 1.82) is 0 Å². The quantitative estimate of drug-likeness (QED) is 0.688. The van der Waals surface area contributed by atoms with Crippen LogP contribution < -0.4 is 10.1 Å². The summed E-state index contributed by atoms with van der Waals surface area (Å²) in [5, 5.41) is 13.1. The van der Waals surface area contributed by atoms with Gasteiger partial charge in [-0.1, -0.05) is 23.7 Å². The number of anilines is 1. The van der Waals surface area contributed by atoms with Crippen molar-refractivity contribution in [2.45, 2.75) is 25.4 Å². The van der Waals surface area contributed by atoms with Crippen LogP contribution in [0.4, 0.5) is 5.69 Å². The second-order valence-corrected chi connectivity index (χ2v) is 8.43. The van der Waals surface area contributed by atoms with Gasteiger partial charge >= 0.3 is 0 Å². The molecule has 2 aromatic rings. The molecule has 0 saturated carbocycles. The molecule has 4 rings (SSSR count). The smallest absolute Gasteiger partial charge is 0.253 e. The van der Waals surface area contributed by atoms with Crippen molar-refractivity contribution in [3.8, 4) is 11.5 Å². The maximum atomic E-state index is 12.9. The van der Waals surface area contributed by atoms with E-state index in [1.165, 1.54) is 12.1 Å². The molecule has 0 spiro atoms. The summed E-state index contributed by atoms with van der Waals surface area (Å²) in [6, 6.07) is 13.5. The Morgan fingerprint density at radius 1 is 1.16 bits per heavy atom. The summed E-state index contributed by atoms with van der Waals surface area (Å²) in [6.45, 7) is 0.974. The lowest BCUT2D eigenvalue weighted by molar-refractivity contribution is -0.121. The zero-order valence-electron chi connectivity index (χ0n) is 17.5. The number of hydrogen-bond donors (Lipinski definition) is 2. The molecule has 2 atom stereocenters. The Morgan fingerprint density at radius 2 is 1.97 bits per heavy atom. The highest BCUT2D eigenvalue weighted by atomic mass is 35.5. The van der Waals surface area contributed by atoms with Gasteiger partial charge < -0.3 is 20.1 Å². The number of aromatic hydroxyl groups is 1. The SMILES string of the molecule is O=C(Nc1cccc(OC2C=CC(Cl)=CC2)c1)C1CCCN(C(=O)c2ccc(O)cc2)C1. The first-order valence-electron chi connectivity index (χ1n) is 10.7. The molecule has 2 aromatic carbocycles. The van der Waals surface area contributed by atoms with Crippen LogP contribution in [0.25, 0.3) is 0 Å². The number of phenols is 1. The van der Waals surface area contributed by atoms with Gasteiger partial charge in [-0.25, -0.2) is 0 Å². The minimum atomic E-state index is -0.289. The molecule has 7 heteroatoms. The number of amides is 2. The third kappa shape index (κ3) is 5.51. The third-order valence-electron chi connectivity index (χ3n) is 5.60. The summed E-state index contributed by atoms with van der Waals surface area (Å²) in [4.78, 5) is 27.4. The van der Waals surface area contributed by atoms with Gasteiger partial charge in [-0.2, -0.15) is 0 Å². The summed E-state index contributed by atoms with van der Waals surface area (Å²) >= 11 is 5.95. The summed E-state index contributed by atoms with van der Waals surface area (Å²) < 4.78 is 5.97. The summed E-state index contributed by atoms with van der Waals surface area (Å²) in [7, 11) is 0. The molecular weight excluding hydrogens is 428 g/mol. The number of carbonyl (C=O) groups excluding carboxylic acids is 2. The first-order valence-corrected chi connectivity index (χ1v) is 11.1. The molecule has 2 N–H and O–H groups in total.